The molecule has 0 aliphatic carbocycles. The predicted octanol–water partition coefficient (Wildman–Crippen LogP) is 2.78. The molecule has 0 radical (unpaired) electrons. The van der Waals surface area contributed by atoms with Crippen molar-refractivity contribution in [3.8, 4) is 11.3 Å². The van der Waals surface area contributed by atoms with E-state index < -0.39 is 10.0 Å². The summed E-state index contributed by atoms with van der Waals surface area (Å²) < 4.78 is 24.8. The van der Waals surface area contributed by atoms with Gasteiger partial charge in [-0.1, -0.05) is 12.1 Å². The highest BCUT2D eigenvalue weighted by molar-refractivity contribution is 7.92. The van der Waals surface area contributed by atoms with Crippen LogP contribution in [0.1, 0.15) is 12.8 Å². The van der Waals surface area contributed by atoms with Gasteiger partial charge in [-0.05, 0) is 25.0 Å². The van der Waals surface area contributed by atoms with Crippen molar-refractivity contribution in [2.45, 2.75) is 12.8 Å². The highest BCUT2D eigenvalue weighted by Gasteiger charge is 2.16. The maximum Gasteiger partial charge on any atom is 0.229 e. The summed E-state index contributed by atoms with van der Waals surface area (Å²) in [6.45, 7) is 2.17. The van der Waals surface area contributed by atoms with Crippen molar-refractivity contribution in [2.24, 2.45) is 0 Å². The van der Waals surface area contributed by atoms with Gasteiger partial charge in [0.1, 0.15) is 0 Å². The average molecular weight is 323 g/mol. The molecular weight excluding hydrogens is 306 g/mol. The van der Waals surface area contributed by atoms with Crippen molar-refractivity contribution in [3.63, 3.8) is 0 Å². The molecule has 0 spiro atoms. The van der Waals surface area contributed by atoms with Gasteiger partial charge in [0, 0.05) is 29.7 Å². The summed E-state index contributed by atoms with van der Waals surface area (Å²) in [7, 11) is -3.23. The van der Waals surface area contributed by atoms with Gasteiger partial charge in [0.25, 0.3) is 0 Å². The molecule has 1 N–H and O–H groups in total. The maximum atomic E-state index is 11.2. The second kappa shape index (κ2) is 5.65. The number of aromatic nitrogens is 1. The van der Waals surface area contributed by atoms with Gasteiger partial charge in [-0.25, -0.2) is 13.4 Å². The molecule has 7 heteroatoms. The molecule has 0 bridgehead atoms. The molecule has 2 heterocycles. The van der Waals surface area contributed by atoms with Gasteiger partial charge in [-0.15, -0.1) is 11.3 Å². The fraction of sp³-hybridized carbons (Fsp3) is 0.357. The average Bonchev–Trinajstić information content (AvgIpc) is 3.09. The monoisotopic (exact) mass is 323 g/mol. The highest BCUT2D eigenvalue weighted by Crippen LogP contribution is 2.30. The summed E-state index contributed by atoms with van der Waals surface area (Å²) in [6, 6.07) is 7.28. The van der Waals surface area contributed by atoms with Gasteiger partial charge < -0.3 is 4.90 Å². The van der Waals surface area contributed by atoms with E-state index in [1.165, 1.54) is 12.8 Å². The SMILES string of the molecule is CS(=O)(=O)Nc1ccc(-c2csc(N3CCCC3)n2)cc1. The molecule has 1 aliphatic heterocycles. The molecule has 0 atom stereocenters. The van der Waals surface area contributed by atoms with E-state index in [1.807, 2.05) is 17.5 Å². The standard InChI is InChI=1S/C14H17N3O2S2/c1-21(18,19)16-12-6-4-11(5-7-12)13-10-20-14(15-13)17-8-2-3-9-17/h4-7,10,16H,2-3,8-9H2,1H3. The van der Waals surface area contributed by atoms with Crippen LogP contribution in [0.4, 0.5) is 10.8 Å². The first kappa shape index (κ1) is 14.3. The van der Waals surface area contributed by atoms with Crippen molar-refractivity contribution in [1.29, 1.82) is 0 Å². The third-order valence-electron chi connectivity index (χ3n) is 3.35. The molecule has 1 fully saturated rings. The number of benzene rings is 1. The minimum Gasteiger partial charge on any atom is -0.348 e. The van der Waals surface area contributed by atoms with E-state index in [1.54, 1.807) is 23.5 Å². The van der Waals surface area contributed by atoms with Gasteiger partial charge in [0.15, 0.2) is 5.13 Å². The quantitative estimate of drug-likeness (QED) is 0.940. The lowest BCUT2D eigenvalue weighted by molar-refractivity contribution is 0.607. The lowest BCUT2D eigenvalue weighted by Gasteiger charge is -2.12. The van der Waals surface area contributed by atoms with Crippen LogP contribution in [0.2, 0.25) is 0 Å². The second-order valence-electron chi connectivity index (χ2n) is 5.16. The number of nitrogens with zero attached hydrogens (tertiary/aromatic N) is 2. The second-order valence-corrected chi connectivity index (χ2v) is 7.75. The van der Waals surface area contributed by atoms with Gasteiger partial charge in [0.05, 0.1) is 11.9 Å². The Morgan fingerprint density at radius 2 is 1.86 bits per heavy atom. The summed E-state index contributed by atoms with van der Waals surface area (Å²) in [5.74, 6) is 0. The van der Waals surface area contributed by atoms with Crippen LogP contribution in [0.25, 0.3) is 11.3 Å². The Balaban J connectivity index is 1.77. The van der Waals surface area contributed by atoms with E-state index in [9.17, 15) is 8.42 Å². The van der Waals surface area contributed by atoms with Crippen LogP contribution >= 0.6 is 11.3 Å². The molecule has 0 unspecified atom stereocenters. The number of anilines is 2. The summed E-state index contributed by atoms with van der Waals surface area (Å²) in [5, 5.41) is 3.12. The number of nitrogens with one attached hydrogen (secondary N) is 1. The predicted molar refractivity (Wildman–Crippen MR) is 87.5 cm³/mol. The van der Waals surface area contributed by atoms with E-state index >= 15 is 0 Å². The zero-order chi connectivity index (χ0) is 14.9. The van der Waals surface area contributed by atoms with Crippen LogP contribution < -0.4 is 9.62 Å². The third kappa shape index (κ3) is 3.54. The molecule has 0 saturated carbocycles. The smallest absolute Gasteiger partial charge is 0.229 e. The lowest BCUT2D eigenvalue weighted by atomic mass is 10.1. The van der Waals surface area contributed by atoms with E-state index in [0.717, 1.165) is 35.7 Å². The van der Waals surface area contributed by atoms with Crippen molar-refractivity contribution < 1.29 is 8.42 Å². The molecule has 5 nitrogen and oxygen atoms in total. The fourth-order valence-electron chi connectivity index (χ4n) is 2.37. The van der Waals surface area contributed by atoms with Crippen LogP contribution in [0.3, 0.4) is 0 Å². The lowest BCUT2D eigenvalue weighted by Crippen LogP contribution is -2.17. The molecule has 2 aromatic rings. The summed E-state index contributed by atoms with van der Waals surface area (Å²) in [6.07, 6.45) is 3.62. The van der Waals surface area contributed by atoms with Gasteiger partial charge in [-0.2, -0.15) is 0 Å². The minimum absolute atomic E-state index is 0.566. The fourth-order valence-corrected chi connectivity index (χ4v) is 3.83. The van der Waals surface area contributed by atoms with Crippen molar-refractivity contribution >= 4 is 32.2 Å². The Morgan fingerprint density at radius 1 is 1.19 bits per heavy atom. The normalized spacial score (nSPS) is 15.4. The van der Waals surface area contributed by atoms with Crippen molar-refractivity contribution in [3.05, 3.63) is 29.6 Å². The van der Waals surface area contributed by atoms with E-state index in [4.69, 9.17) is 0 Å². The van der Waals surface area contributed by atoms with E-state index in [0.29, 0.717) is 5.69 Å². The zero-order valence-corrected chi connectivity index (χ0v) is 13.4. The third-order valence-corrected chi connectivity index (χ3v) is 4.86. The molecular formula is C14H17N3O2S2. The minimum atomic E-state index is -3.23. The number of hydrogen-bond acceptors (Lipinski definition) is 5. The Hall–Kier alpha value is -1.60. The number of hydrogen-bond donors (Lipinski definition) is 1. The first-order valence-corrected chi connectivity index (χ1v) is 9.57. The van der Waals surface area contributed by atoms with Crippen LogP contribution in [0, 0.1) is 0 Å². The number of thiazole rings is 1. The van der Waals surface area contributed by atoms with Crippen LogP contribution in [0.5, 0.6) is 0 Å². The molecule has 0 amide bonds. The first-order chi connectivity index (χ1) is 10.0. The van der Waals surface area contributed by atoms with Crippen LogP contribution in [-0.2, 0) is 10.0 Å². The van der Waals surface area contributed by atoms with Gasteiger partial charge in [-0.3, -0.25) is 4.72 Å². The number of rotatable bonds is 4. The Labute approximate surface area is 128 Å². The van der Waals surface area contributed by atoms with Gasteiger partial charge >= 0.3 is 0 Å². The highest BCUT2D eigenvalue weighted by atomic mass is 32.2. The Bertz CT molecular complexity index is 717. The van der Waals surface area contributed by atoms with Crippen molar-refractivity contribution in [2.75, 3.05) is 29.0 Å². The summed E-state index contributed by atoms with van der Waals surface area (Å²) in [5.41, 5.74) is 2.50. The van der Waals surface area contributed by atoms with Crippen molar-refractivity contribution in [1.82, 2.24) is 4.98 Å². The zero-order valence-electron chi connectivity index (χ0n) is 11.7. The molecule has 3 rings (SSSR count). The van der Waals surface area contributed by atoms with Crippen LogP contribution in [0.15, 0.2) is 29.6 Å². The maximum absolute atomic E-state index is 11.2. The Morgan fingerprint density at radius 3 is 2.48 bits per heavy atom. The van der Waals surface area contributed by atoms with E-state index in [-0.39, 0.29) is 0 Å². The largest absolute Gasteiger partial charge is 0.348 e. The molecule has 21 heavy (non-hydrogen) atoms. The molecule has 1 aliphatic rings. The molecule has 112 valence electrons. The molecule has 1 aromatic heterocycles. The Kier molecular flexibility index (Phi) is 3.86. The number of sulfonamides is 1. The van der Waals surface area contributed by atoms with E-state index in [2.05, 4.69) is 14.6 Å². The van der Waals surface area contributed by atoms with Crippen LogP contribution in [-0.4, -0.2) is 32.7 Å². The summed E-state index contributed by atoms with van der Waals surface area (Å²) >= 11 is 1.66. The summed E-state index contributed by atoms with van der Waals surface area (Å²) in [4.78, 5) is 6.99. The topological polar surface area (TPSA) is 62.3 Å². The molecule has 1 saturated heterocycles. The first-order valence-electron chi connectivity index (χ1n) is 6.80. The molecule has 1 aromatic carbocycles. The van der Waals surface area contributed by atoms with Gasteiger partial charge in [0.2, 0.25) is 10.0 Å².